The Balaban J connectivity index is 2.12. The molecule has 0 bridgehead atoms. The third kappa shape index (κ3) is 3.49. The van der Waals surface area contributed by atoms with Crippen LogP contribution >= 0.6 is 0 Å². The molecule has 1 aromatic carbocycles. The van der Waals surface area contributed by atoms with E-state index < -0.39 is 0 Å². The molecule has 0 aliphatic heterocycles. The first-order valence-electron chi connectivity index (χ1n) is 8.28. The normalized spacial score (nSPS) is 17.1. The van der Waals surface area contributed by atoms with Crippen molar-refractivity contribution in [3.05, 3.63) is 68.7 Å². The number of nitrogens with zero attached hydrogens (tertiary/aromatic N) is 2. The summed E-state index contributed by atoms with van der Waals surface area (Å²) in [5.41, 5.74) is 0.900. The molecule has 0 spiro atoms. The molecule has 1 aromatic heterocycles. The zero-order chi connectivity index (χ0) is 18.0. The van der Waals surface area contributed by atoms with Crippen LogP contribution in [0, 0.1) is 12.8 Å². The maximum atomic E-state index is 13.1. The molecule has 0 amide bonds. The minimum Gasteiger partial charge on any atom is -0.383 e. The molecule has 0 saturated heterocycles. The Labute approximate surface area is 144 Å². The number of rotatable bonds is 5. The van der Waals surface area contributed by atoms with E-state index in [2.05, 4.69) is 0 Å². The van der Waals surface area contributed by atoms with Gasteiger partial charge in [0.2, 0.25) is 0 Å². The molecule has 1 aliphatic rings. The van der Waals surface area contributed by atoms with Gasteiger partial charge in [-0.1, -0.05) is 17.7 Å². The number of aryl methyl sites for hydroxylation is 1. The van der Waals surface area contributed by atoms with Gasteiger partial charge < -0.3 is 4.74 Å². The highest BCUT2D eigenvalue weighted by Crippen LogP contribution is 2.18. The maximum Gasteiger partial charge on any atom is 0.331 e. The lowest BCUT2D eigenvalue weighted by molar-refractivity contribution is 0.186. The number of hydrogen-bond acceptors (Lipinski definition) is 3. The van der Waals surface area contributed by atoms with Gasteiger partial charge in [-0.25, -0.2) is 9.18 Å². The number of fused-ring (bicyclic) bond motifs is 1. The van der Waals surface area contributed by atoms with Gasteiger partial charge in [0.15, 0.2) is 0 Å². The maximum absolute atomic E-state index is 13.1. The zero-order valence-electron chi connectivity index (χ0n) is 14.4. The zero-order valence-corrected chi connectivity index (χ0v) is 14.4. The van der Waals surface area contributed by atoms with Crippen molar-refractivity contribution in [2.75, 3.05) is 13.7 Å². The molecule has 0 fully saturated rings. The smallest absolute Gasteiger partial charge is 0.331 e. The van der Waals surface area contributed by atoms with E-state index >= 15 is 0 Å². The highest BCUT2D eigenvalue weighted by Gasteiger charge is 2.17. The first kappa shape index (κ1) is 17.4. The van der Waals surface area contributed by atoms with Crippen LogP contribution in [-0.2, 0) is 17.8 Å². The summed E-state index contributed by atoms with van der Waals surface area (Å²) in [6.07, 6.45) is 5.04. The lowest BCUT2D eigenvalue weighted by Gasteiger charge is -2.18. The molecule has 1 atom stereocenters. The van der Waals surface area contributed by atoms with Gasteiger partial charge in [0.25, 0.3) is 5.56 Å². The second-order valence-electron chi connectivity index (χ2n) is 6.31. The Hall–Kier alpha value is -2.47. The van der Waals surface area contributed by atoms with E-state index in [1.54, 1.807) is 29.9 Å². The van der Waals surface area contributed by atoms with E-state index in [0.717, 1.165) is 5.56 Å². The van der Waals surface area contributed by atoms with E-state index in [4.69, 9.17) is 4.74 Å². The summed E-state index contributed by atoms with van der Waals surface area (Å²) in [6.45, 7) is 2.88. The van der Waals surface area contributed by atoms with Crippen LogP contribution in [0.15, 0.2) is 51.8 Å². The Bertz CT molecular complexity index is 969. The van der Waals surface area contributed by atoms with Crippen molar-refractivity contribution < 1.29 is 9.13 Å². The predicted molar refractivity (Wildman–Crippen MR) is 95.5 cm³/mol. The summed E-state index contributed by atoms with van der Waals surface area (Å²) in [5, 5.41) is 0.511. The molecular weight excluding hydrogens is 323 g/mol. The fourth-order valence-corrected chi connectivity index (χ4v) is 3.11. The number of benzene rings is 1. The summed E-state index contributed by atoms with van der Waals surface area (Å²) >= 11 is 0. The lowest BCUT2D eigenvalue weighted by Crippen LogP contribution is -2.42. The largest absolute Gasteiger partial charge is 0.383 e. The lowest BCUT2D eigenvalue weighted by atomic mass is 10.0. The van der Waals surface area contributed by atoms with E-state index in [9.17, 15) is 14.0 Å². The van der Waals surface area contributed by atoms with E-state index in [1.165, 1.54) is 16.7 Å². The molecule has 1 aliphatic carbocycles. The standard InChI is InChI=1S/C19H21FN2O3/c1-13-3-8-17-16(11-13)18(23)22(19(24)21(17)9-10-25-2)12-14-4-6-15(20)7-5-14/h3-4,6-8,11,14H,5,9-10,12H2,1-2H3. The average molecular weight is 344 g/mol. The summed E-state index contributed by atoms with van der Waals surface area (Å²) in [6, 6.07) is 5.48. The minimum atomic E-state index is -0.359. The predicted octanol–water partition coefficient (Wildman–Crippen LogP) is 2.55. The molecule has 0 saturated carbocycles. The van der Waals surface area contributed by atoms with Gasteiger partial charge in [0.05, 0.1) is 24.1 Å². The fraction of sp³-hybridized carbons (Fsp3) is 0.368. The van der Waals surface area contributed by atoms with Crippen LogP contribution in [0.25, 0.3) is 10.9 Å². The van der Waals surface area contributed by atoms with Crippen LogP contribution in [0.4, 0.5) is 4.39 Å². The molecule has 25 heavy (non-hydrogen) atoms. The van der Waals surface area contributed by atoms with Crippen LogP contribution in [0.1, 0.15) is 12.0 Å². The number of allylic oxidation sites excluding steroid dienone is 4. The molecule has 0 radical (unpaired) electrons. The highest BCUT2D eigenvalue weighted by molar-refractivity contribution is 5.78. The van der Waals surface area contributed by atoms with Gasteiger partial charge in [-0.05, 0) is 43.5 Å². The second kappa shape index (κ2) is 7.19. The van der Waals surface area contributed by atoms with Gasteiger partial charge in [-0.15, -0.1) is 0 Å². The summed E-state index contributed by atoms with van der Waals surface area (Å²) in [4.78, 5) is 25.8. The molecule has 1 unspecified atom stereocenters. The quantitative estimate of drug-likeness (QED) is 0.838. The monoisotopic (exact) mass is 344 g/mol. The second-order valence-corrected chi connectivity index (χ2v) is 6.31. The Kier molecular flexibility index (Phi) is 4.99. The third-order valence-electron chi connectivity index (χ3n) is 4.46. The van der Waals surface area contributed by atoms with Gasteiger partial charge in [0, 0.05) is 13.7 Å². The molecule has 2 aromatic rings. The van der Waals surface area contributed by atoms with Gasteiger partial charge >= 0.3 is 5.69 Å². The van der Waals surface area contributed by atoms with E-state index in [0.29, 0.717) is 30.5 Å². The number of aromatic nitrogens is 2. The number of hydrogen-bond donors (Lipinski definition) is 0. The molecule has 3 rings (SSSR count). The Morgan fingerprint density at radius 2 is 2.08 bits per heavy atom. The van der Waals surface area contributed by atoms with E-state index in [-0.39, 0.29) is 29.5 Å². The topological polar surface area (TPSA) is 53.2 Å². The minimum absolute atomic E-state index is 0.0805. The van der Waals surface area contributed by atoms with Crippen LogP contribution < -0.4 is 11.2 Å². The molecule has 5 nitrogen and oxygen atoms in total. The Morgan fingerprint density at radius 1 is 1.28 bits per heavy atom. The SMILES string of the molecule is COCCn1c(=O)n(CC2C=CC(F)=CC2)c(=O)c2cc(C)ccc21. The van der Waals surface area contributed by atoms with Crippen molar-refractivity contribution in [2.24, 2.45) is 5.92 Å². The number of methoxy groups -OCH3 is 1. The Morgan fingerprint density at radius 3 is 2.76 bits per heavy atom. The van der Waals surface area contributed by atoms with Crippen LogP contribution in [0.5, 0.6) is 0 Å². The molecule has 0 N–H and O–H groups in total. The van der Waals surface area contributed by atoms with E-state index in [1.807, 2.05) is 13.0 Å². The van der Waals surface area contributed by atoms with Gasteiger partial charge in [0.1, 0.15) is 5.83 Å². The van der Waals surface area contributed by atoms with Crippen molar-refractivity contribution in [1.29, 1.82) is 0 Å². The molecule has 6 heteroatoms. The highest BCUT2D eigenvalue weighted by atomic mass is 19.1. The first-order valence-corrected chi connectivity index (χ1v) is 8.28. The average Bonchev–Trinajstić information content (AvgIpc) is 2.60. The molecular formula is C19H21FN2O3. The van der Waals surface area contributed by atoms with Crippen molar-refractivity contribution in [3.8, 4) is 0 Å². The third-order valence-corrected chi connectivity index (χ3v) is 4.46. The number of halogens is 1. The molecule has 132 valence electrons. The van der Waals surface area contributed by atoms with Crippen LogP contribution in [0.2, 0.25) is 0 Å². The molecule has 1 heterocycles. The number of ether oxygens (including phenoxy) is 1. The first-order chi connectivity index (χ1) is 12.0. The summed E-state index contributed by atoms with van der Waals surface area (Å²) in [5.74, 6) is -0.363. The summed E-state index contributed by atoms with van der Waals surface area (Å²) < 4.78 is 21.1. The van der Waals surface area contributed by atoms with Crippen LogP contribution in [-0.4, -0.2) is 22.9 Å². The van der Waals surface area contributed by atoms with Gasteiger partial charge in [-0.3, -0.25) is 13.9 Å². The van der Waals surface area contributed by atoms with Crippen molar-refractivity contribution >= 4 is 10.9 Å². The van der Waals surface area contributed by atoms with Crippen LogP contribution in [0.3, 0.4) is 0 Å². The van der Waals surface area contributed by atoms with Gasteiger partial charge in [-0.2, -0.15) is 0 Å². The van der Waals surface area contributed by atoms with Crippen molar-refractivity contribution in [1.82, 2.24) is 9.13 Å². The summed E-state index contributed by atoms with van der Waals surface area (Å²) in [7, 11) is 1.57. The van der Waals surface area contributed by atoms with Crippen molar-refractivity contribution in [3.63, 3.8) is 0 Å². The fourth-order valence-electron chi connectivity index (χ4n) is 3.11. The van der Waals surface area contributed by atoms with Crippen molar-refractivity contribution in [2.45, 2.75) is 26.4 Å².